The first-order chi connectivity index (χ1) is 15.0. The minimum absolute atomic E-state index is 0.0802. The largest absolute Gasteiger partial charge is 0.309 e. The first-order valence-electron chi connectivity index (χ1n) is 10.0. The zero-order valence-electron chi connectivity index (χ0n) is 17.1. The van der Waals surface area contributed by atoms with E-state index in [-0.39, 0.29) is 11.1 Å². The lowest BCUT2D eigenvalue weighted by Crippen LogP contribution is -2.39. The van der Waals surface area contributed by atoms with Crippen molar-refractivity contribution in [2.24, 2.45) is 0 Å². The molecule has 0 amide bonds. The van der Waals surface area contributed by atoms with Gasteiger partial charge in [0.1, 0.15) is 0 Å². The van der Waals surface area contributed by atoms with Gasteiger partial charge >= 0.3 is 0 Å². The number of ketones is 1. The molecule has 0 bridgehead atoms. The summed E-state index contributed by atoms with van der Waals surface area (Å²) in [4.78, 5) is 13.8. The first kappa shape index (κ1) is 21.0. The molecular weight excluding hydrogens is 406 g/mol. The minimum atomic E-state index is -4.12. The van der Waals surface area contributed by atoms with E-state index in [4.69, 9.17) is 0 Å². The molecule has 31 heavy (non-hydrogen) atoms. The van der Waals surface area contributed by atoms with E-state index >= 15 is 4.39 Å². The van der Waals surface area contributed by atoms with Gasteiger partial charge in [0.05, 0.1) is 0 Å². The van der Waals surface area contributed by atoms with Crippen LogP contribution in [0.3, 0.4) is 0 Å². The molecule has 4 heteroatoms. The Bertz CT molecular complexity index is 1180. The SMILES string of the molecule is Cc1ccc(C(=O)[C@@](F)(c2ccccc2)P(=O)(c2ccccc2)c2ccccc2)cc1. The van der Waals surface area contributed by atoms with E-state index in [0.29, 0.717) is 10.6 Å². The van der Waals surface area contributed by atoms with E-state index in [1.54, 1.807) is 103 Å². The normalized spacial score (nSPS) is 13.4. The van der Waals surface area contributed by atoms with Crippen molar-refractivity contribution in [1.82, 2.24) is 0 Å². The smallest absolute Gasteiger partial charge is 0.257 e. The predicted octanol–water partition coefficient (Wildman–Crippen LogP) is 6.01. The van der Waals surface area contributed by atoms with E-state index < -0.39 is 18.3 Å². The van der Waals surface area contributed by atoms with Crippen molar-refractivity contribution in [2.75, 3.05) is 0 Å². The van der Waals surface area contributed by atoms with Crippen LogP contribution in [0.1, 0.15) is 21.5 Å². The van der Waals surface area contributed by atoms with Crippen molar-refractivity contribution >= 4 is 23.5 Å². The number of carbonyl (C=O) groups is 1. The van der Waals surface area contributed by atoms with Gasteiger partial charge in [0.25, 0.3) is 5.41 Å². The molecule has 4 rings (SSSR count). The molecule has 4 aromatic carbocycles. The molecule has 2 nitrogen and oxygen atoms in total. The number of Topliss-reactive ketones (excluding diaryl/α,β-unsaturated/α-hetero) is 1. The molecule has 0 unspecified atom stereocenters. The summed E-state index contributed by atoms with van der Waals surface area (Å²) >= 11 is 0. The Labute approximate surface area is 181 Å². The Hall–Kier alpha value is -3.29. The minimum Gasteiger partial charge on any atom is -0.309 e. The molecule has 0 saturated carbocycles. The van der Waals surface area contributed by atoms with Crippen LogP contribution in [-0.2, 0) is 9.97 Å². The van der Waals surface area contributed by atoms with E-state index in [0.717, 1.165) is 5.56 Å². The summed E-state index contributed by atoms with van der Waals surface area (Å²) in [5, 5.41) is -2.17. The molecule has 1 atom stereocenters. The lowest BCUT2D eigenvalue weighted by Gasteiger charge is -2.34. The number of benzene rings is 4. The molecule has 0 aromatic heterocycles. The summed E-state index contributed by atoms with van der Waals surface area (Å²) in [7, 11) is -4.12. The summed E-state index contributed by atoms with van der Waals surface area (Å²) in [6.07, 6.45) is 0. The third-order valence-corrected chi connectivity index (χ3v) is 8.82. The third-order valence-electron chi connectivity index (χ3n) is 5.44. The second-order valence-electron chi connectivity index (χ2n) is 7.46. The number of hydrogen-bond donors (Lipinski definition) is 0. The quantitative estimate of drug-likeness (QED) is 0.278. The fourth-order valence-corrected chi connectivity index (χ4v) is 6.91. The number of halogens is 1. The standard InChI is InChI=1S/C27H22FO2P/c1-21-17-19-22(20-18-21)26(29)27(28,23-11-5-2-6-12-23)31(30,24-13-7-3-8-14-24)25-15-9-4-10-16-25/h2-20H,1H3/t27-/m1/s1. The van der Waals surface area contributed by atoms with Crippen LogP contribution < -0.4 is 10.6 Å². The monoisotopic (exact) mass is 428 g/mol. The molecule has 0 aliphatic rings. The number of hydrogen-bond acceptors (Lipinski definition) is 2. The van der Waals surface area contributed by atoms with Crippen molar-refractivity contribution in [3.05, 3.63) is 132 Å². The molecule has 0 saturated heterocycles. The van der Waals surface area contributed by atoms with Crippen molar-refractivity contribution in [3.8, 4) is 0 Å². The van der Waals surface area contributed by atoms with Gasteiger partial charge in [-0.2, -0.15) is 0 Å². The van der Waals surface area contributed by atoms with Gasteiger partial charge in [-0.25, -0.2) is 4.39 Å². The summed E-state index contributed by atoms with van der Waals surface area (Å²) < 4.78 is 32.4. The fourth-order valence-electron chi connectivity index (χ4n) is 3.79. The molecule has 0 N–H and O–H groups in total. The van der Waals surface area contributed by atoms with Crippen LogP contribution in [0.25, 0.3) is 0 Å². The van der Waals surface area contributed by atoms with Gasteiger partial charge in [0.2, 0.25) is 5.78 Å². The highest BCUT2D eigenvalue weighted by Crippen LogP contribution is 2.63. The van der Waals surface area contributed by atoms with E-state index in [2.05, 4.69) is 0 Å². The van der Waals surface area contributed by atoms with E-state index in [1.165, 1.54) is 12.1 Å². The fraction of sp³-hybridized carbons (Fsp3) is 0.0741. The summed E-state index contributed by atoms with van der Waals surface area (Å²) in [5.74, 6) is -0.810. The molecule has 0 spiro atoms. The third kappa shape index (κ3) is 3.56. The van der Waals surface area contributed by atoms with Gasteiger partial charge in [0.15, 0.2) is 7.14 Å². The molecular formula is C27H22FO2P. The topological polar surface area (TPSA) is 34.1 Å². The maximum Gasteiger partial charge on any atom is 0.257 e. The zero-order valence-corrected chi connectivity index (χ0v) is 18.0. The molecule has 0 aliphatic carbocycles. The van der Waals surface area contributed by atoms with Gasteiger partial charge in [-0.3, -0.25) is 4.79 Å². The highest BCUT2D eigenvalue weighted by Gasteiger charge is 2.58. The van der Waals surface area contributed by atoms with Crippen molar-refractivity contribution < 1.29 is 13.8 Å². The molecule has 0 radical (unpaired) electrons. The lowest BCUT2D eigenvalue weighted by molar-refractivity contribution is 0.0824. The van der Waals surface area contributed by atoms with Crippen molar-refractivity contribution in [3.63, 3.8) is 0 Å². The molecule has 0 fully saturated rings. The van der Waals surface area contributed by atoms with Gasteiger partial charge in [-0.15, -0.1) is 0 Å². The molecule has 154 valence electrons. The maximum atomic E-state index is 17.5. The Morgan fingerprint density at radius 1 is 0.677 bits per heavy atom. The van der Waals surface area contributed by atoms with Crippen molar-refractivity contribution in [2.45, 2.75) is 12.3 Å². The maximum absolute atomic E-state index is 17.5. The van der Waals surface area contributed by atoms with Gasteiger partial charge in [0, 0.05) is 21.7 Å². The second kappa shape index (κ2) is 8.45. The Morgan fingerprint density at radius 3 is 1.55 bits per heavy atom. The molecule has 4 aromatic rings. The van der Waals surface area contributed by atoms with Gasteiger partial charge in [-0.1, -0.05) is 121 Å². The van der Waals surface area contributed by atoms with Gasteiger partial charge < -0.3 is 4.57 Å². The van der Waals surface area contributed by atoms with Crippen LogP contribution in [0.2, 0.25) is 0 Å². The average molecular weight is 428 g/mol. The summed E-state index contributed by atoms with van der Waals surface area (Å²) in [6.45, 7) is 1.90. The zero-order chi connectivity index (χ0) is 21.9. The summed E-state index contributed by atoms with van der Waals surface area (Å²) in [6, 6.07) is 31.8. The van der Waals surface area contributed by atoms with Crippen LogP contribution in [-0.4, -0.2) is 5.78 Å². The van der Waals surface area contributed by atoms with Crippen LogP contribution >= 0.6 is 7.14 Å². The first-order valence-corrected chi connectivity index (χ1v) is 11.8. The Kier molecular flexibility index (Phi) is 5.71. The Morgan fingerprint density at radius 2 is 1.10 bits per heavy atom. The summed E-state index contributed by atoms with van der Waals surface area (Å²) in [5.41, 5.74) is 1.22. The van der Waals surface area contributed by atoms with Crippen molar-refractivity contribution in [1.29, 1.82) is 0 Å². The average Bonchev–Trinajstić information content (AvgIpc) is 2.84. The van der Waals surface area contributed by atoms with Crippen LogP contribution in [0.15, 0.2) is 115 Å². The number of carbonyl (C=O) groups excluding carboxylic acids is 1. The van der Waals surface area contributed by atoms with E-state index in [9.17, 15) is 9.36 Å². The lowest BCUT2D eigenvalue weighted by atomic mass is 9.99. The number of alkyl halides is 1. The highest BCUT2D eigenvalue weighted by atomic mass is 31.2. The van der Waals surface area contributed by atoms with Crippen LogP contribution in [0, 0.1) is 6.92 Å². The second-order valence-corrected chi connectivity index (χ2v) is 10.3. The number of rotatable bonds is 6. The van der Waals surface area contributed by atoms with Gasteiger partial charge in [-0.05, 0) is 6.92 Å². The van der Waals surface area contributed by atoms with Crippen LogP contribution in [0.5, 0.6) is 0 Å². The predicted molar refractivity (Wildman–Crippen MR) is 124 cm³/mol. The molecule has 0 heterocycles. The number of aryl methyl sites for hydroxylation is 1. The Balaban J connectivity index is 2.06. The van der Waals surface area contributed by atoms with Crippen LogP contribution in [0.4, 0.5) is 4.39 Å². The highest BCUT2D eigenvalue weighted by molar-refractivity contribution is 7.80. The molecule has 0 aliphatic heterocycles. The van der Waals surface area contributed by atoms with E-state index in [1.807, 2.05) is 6.92 Å².